The van der Waals surface area contributed by atoms with E-state index in [-0.39, 0.29) is 30.3 Å². The monoisotopic (exact) mass is 533 g/mol. The normalized spacial score (nSPS) is 38.7. The Morgan fingerprint density at radius 1 is 1.24 bits per heavy atom. The van der Waals surface area contributed by atoms with Crippen molar-refractivity contribution in [2.75, 3.05) is 6.61 Å². The van der Waals surface area contributed by atoms with Crippen LogP contribution in [0.2, 0.25) is 0 Å². The molecular weight excluding hydrogens is 493 g/mol. The molecule has 0 aliphatic carbocycles. The largest absolute Gasteiger partial charge is 0.455 e. The van der Waals surface area contributed by atoms with Crippen LogP contribution in [0.1, 0.15) is 71.9 Å². The van der Waals surface area contributed by atoms with Crippen molar-refractivity contribution in [3.05, 3.63) is 35.9 Å². The Balaban J connectivity index is 1.58. The maximum absolute atomic E-state index is 15.4. The van der Waals surface area contributed by atoms with Crippen molar-refractivity contribution in [1.82, 2.24) is 4.98 Å². The number of rotatable bonds is 4. The Kier molecular flexibility index (Phi) is 8.71. The van der Waals surface area contributed by atoms with E-state index < -0.39 is 53.5 Å². The summed E-state index contributed by atoms with van der Waals surface area (Å²) in [5.41, 5.74) is -1.44. The second-order valence-corrected chi connectivity index (χ2v) is 11.9. The number of nitrogens with zero attached hydrogens (tertiary/aromatic N) is 1. The summed E-state index contributed by atoms with van der Waals surface area (Å²) in [4.78, 5) is 30.7. The molecule has 1 aromatic rings. The summed E-state index contributed by atoms with van der Waals surface area (Å²) in [7, 11) is 0. The SMILES string of the molecule is CC1CCCC2(C)OC2CC(C(F)=Cc2ccccn2)OC(=O)CC(O)C(C)(C)C(=O)C(CC2CO2)C1O. The van der Waals surface area contributed by atoms with Gasteiger partial charge in [0, 0.05) is 18.5 Å². The zero-order valence-corrected chi connectivity index (χ0v) is 22.6. The summed E-state index contributed by atoms with van der Waals surface area (Å²) in [5, 5.41) is 22.2. The molecule has 3 saturated heterocycles. The van der Waals surface area contributed by atoms with Crippen LogP contribution in [0.25, 0.3) is 6.08 Å². The zero-order chi connectivity index (χ0) is 27.7. The summed E-state index contributed by atoms with van der Waals surface area (Å²) in [5.74, 6) is -2.71. The van der Waals surface area contributed by atoms with Crippen molar-refractivity contribution in [2.45, 2.75) is 102 Å². The van der Waals surface area contributed by atoms with E-state index in [1.54, 1.807) is 38.2 Å². The van der Waals surface area contributed by atoms with Gasteiger partial charge >= 0.3 is 5.97 Å². The Morgan fingerprint density at radius 2 is 1.97 bits per heavy atom. The van der Waals surface area contributed by atoms with Crippen LogP contribution in [0, 0.1) is 17.3 Å². The molecule has 38 heavy (non-hydrogen) atoms. The van der Waals surface area contributed by atoms with E-state index >= 15 is 4.39 Å². The number of fused-ring (bicyclic) bond motifs is 1. The molecule has 8 nitrogen and oxygen atoms in total. The molecule has 0 radical (unpaired) electrons. The number of aliphatic hydroxyl groups is 2. The number of carbonyl (C=O) groups excluding carboxylic acids is 2. The highest BCUT2D eigenvalue weighted by Crippen LogP contribution is 2.45. The molecule has 1 aromatic heterocycles. The van der Waals surface area contributed by atoms with E-state index in [1.807, 2.05) is 13.8 Å². The Labute approximate surface area is 223 Å². The number of Topliss-reactive ketones (excluding diaryl/α,β-unsaturated/α-hetero) is 1. The van der Waals surface area contributed by atoms with E-state index in [0.29, 0.717) is 31.6 Å². The number of epoxide rings is 2. The quantitative estimate of drug-likeness (QED) is 0.443. The maximum Gasteiger partial charge on any atom is 0.309 e. The van der Waals surface area contributed by atoms with Crippen LogP contribution in [0.3, 0.4) is 0 Å². The summed E-state index contributed by atoms with van der Waals surface area (Å²) < 4.78 is 32.2. The molecule has 0 spiro atoms. The molecule has 3 fully saturated rings. The molecule has 3 aliphatic rings. The smallest absolute Gasteiger partial charge is 0.309 e. The number of carbonyl (C=O) groups is 2. The molecular formula is C29H40FNO7. The third-order valence-corrected chi connectivity index (χ3v) is 8.43. The Hall–Kier alpha value is -2.20. The Morgan fingerprint density at radius 3 is 2.63 bits per heavy atom. The first-order valence-corrected chi connectivity index (χ1v) is 13.6. The molecule has 3 aliphatic heterocycles. The lowest BCUT2D eigenvalue weighted by atomic mass is 9.71. The minimum Gasteiger partial charge on any atom is -0.455 e. The van der Waals surface area contributed by atoms with Gasteiger partial charge in [0.15, 0.2) is 6.10 Å². The summed E-state index contributed by atoms with van der Waals surface area (Å²) in [6.07, 6.45) is 0.974. The van der Waals surface area contributed by atoms with Gasteiger partial charge in [-0.3, -0.25) is 14.6 Å². The second kappa shape index (κ2) is 11.5. The standard InChI is InChI=1S/C29H40FNO7/c1-17-8-7-10-29(4)24(38-29)14-22(21(30)12-18-9-5-6-11-31-18)37-25(33)15-23(32)28(2,3)27(35)20(26(17)34)13-19-16-36-19/h5-6,9,11-12,17,19-20,22-24,26,32,34H,7-8,10,13-16H2,1-4H3. The molecule has 4 rings (SSSR count). The van der Waals surface area contributed by atoms with Crippen molar-refractivity contribution in [2.24, 2.45) is 17.3 Å². The third kappa shape index (κ3) is 6.86. The van der Waals surface area contributed by atoms with Crippen LogP contribution in [0.5, 0.6) is 0 Å². The van der Waals surface area contributed by atoms with Crippen LogP contribution < -0.4 is 0 Å². The lowest BCUT2D eigenvalue weighted by Crippen LogP contribution is -2.47. The van der Waals surface area contributed by atoms with E-state index in [9.17, 15) is 19.8 Å². The first kappa shape index (κ1) is 28.8. The fourth-order valence-electron chi connectivity index (χ4n) is 5.41. The maximum atomic E-state index is 15.4. The zero-order valence-electron chi connectivity index (χ0n) is 22.6. The average molecular weight is 534 g/mol. The second-order valence-electron chi connectivity index (χ2n) is 11.9. The highest BCUT2D eigenvalue weighted by molar-refractivity contribution is 5.88. The lowest BCUT2D eigenvalue weighted by molar-refractivity contribution is -0.155. The van der Waals surface area contributed by atoms with Gasteiger partial charge in [-0.05, 0) is 50.3 Å². The topological polar surface area (TPSA) is 122 Å². The van der Waals surface area contributed by atoms with Gasteiger partial charge in [-0.2, -0.15) is 0 Å². The minimum absolute atomic E-state index is 0.0940. The van der Waals surface area contributed by atoms with Crippen molar-refractivity contribution in [1.29, 1.82) is 0 Å². The number of hydrogen-bond donors (Lipinski definition) is 2. The van der Waals surface area contributed by atoms with Crippen LogP contribution >= 0.6 is 0 Å². The van der Waals surface area contributed by atoms with Crippen molar-refractivity contribution >= 4 is 17.8 Å². The summed E-state index contributed by atoms with van der Waals surface area (Å²) in [6, 6.07) is 5.09. The van der Waals surface area contributed by atoms with Crippen LogP contribution in [-0.2, 0) is 23.8 Å². The van der Waals surface area contributed by atoms with E-state index in [1.165, 1.54) is 6.08 Å². The molecule has 210 valence electrons. The predicted molar refractivity (Wildman–Crippen MR) is 137 cm³/mol. The van der Waals surface area contributed by atoms with Crippen LogP contribution in [0.15, 0.2) is 30.2 Å². The van der Waals surface area contributed by atoms with Gasteiger partial charge in [-0.15, -0.1) is 0 Å². The molecule has 0 saturated carbocycles. The lowest BCUT2D eigenvalue weighted by Gasteiger charge is -2.36. The third-order valence-electron chi connectivity index (χ3n) is 8.43. The van der Waals surface area contributed by atoms with E-state index in [2.05, 4.69) is 4.98 Å². The number of esters is 1. The van der Waals surface area contributed by atoms with Gasteiger partial charge in [-0.25, -0.2) is 4.39 Å². The summed E-state index contributed by atoms with van der Waals surface area (Å²) >= 11 is 0. The molecule has 9 heteroatoms. The van der Waals surface area contributed by atoms with Crippen LogP contribution in [-0.4, -0.2) is 69.7 Å². The van der Waals surface area contributed by atoms with Crippen molar-refractivity contribution in [3.63, 3.8) is 0 Å². The number of halogens is 1. The molecule has 0 bridgehead atoms. The van der Waals surface area contributed by atoms with Crippen molar-refractivity contribution < 1.29 is 38.4 Å². The number of aromatic nitrogens is 1. The average Bonchev–Trinajstić information content (AvgIpc) is 3.79. The fraction of sp³-hybridized carbons (Fsp3) is 0.690. The molecule has 8 unspecified atom stereocenters. The Bertz CT molecular complexity index is 1030. The van der Waals surface area contributed by atoms with Gasteiger partial charge in [0.2, 0.25) is 0 Å². The number of hydrogen-bond acceptors (Lipinski definition) is 8. The summed E-state index contributed by atoms with van der Waals surface area (Å²) in [6.45, 7) is 7.54. The molecule has 0 aromatic carbocycles. The van der Waals surface area contributed by atoms with Crippen LogP contribution in [0.4, 0.5) is 4.39 Å². The fourth-order valence-corrected chi connectivity index (χ4v) is 5.41. The van der Waals surface area contributed by atoms with Gasteiger partial charge < -0.3 is 24.4 Å². The molecule has 0 amide bonds. The highest BCUT2D eigenvalue weighted by Gasteiger charge is 2.53. The predicted octanol–water partition coefficient (Wildman–Crippen LogP) is 3.78. The highest BCUT2D eigenvalue weighted by atomic mass is 19.1. The first-order chi connectivity index (χ1) is 17.9. The number of ether oxygens (including phenoxy) is 3. The van der Waals surface area contributed by atoms with E-state index in [0.717, 1.165) is 6.42 Å². The molecule has 8 atom stereocenters. The molecule has 2 N–H and O–H groups in total. The first-order valence-electron chi connectivity index (χ1n) is 13.6. The number of aliphatic hydroxyl groups excluding tert-OH is 2. The van der Waals surface area contributed by atoms with Gasteiger partial charge in [0.1, 0.15) is 11.6 Å². The number of pyridine rings is 1. The number of ketones is 1. The van der Waals surface area contributed by atoms with Gasteiger partial charge in [-0.1, -0.05) is 33.3 Å². The van der Waals surface area contributed by atoms with Gasteiger partial charge in [0.25, 0.3) is 0 Å². The minimum atomic E-state index is -1.38. The number of cyclic esters (lactones) is 1. The van der Waals surface area contributed by atoms with E-state index in [4.69, 9.17) is 14.2 Å². The molecule has 4 heterocycles. The van der Waals surface area contributed by atoms with Gasteiger partial charge in [0.05, 0.1) is 54.2 Å². The van der Waals surface area contributed by atoms with Crippen molar-refractivity contribution in [3.8, 4) is 0 Å².